The largest absolute Gasteiger partial charge is 0.361 e. The van der Waals surface area contributed by atoms with E-state index in [0.29, 0.717) is 17.0 Å². The summed E-state index contributed by atoms with van der Waals surface area (Å²) in [6, 6.07) is 3.24. The molecule has 0 fully saturated rings. The first kappa shape index (κ1) is 16.2. The molecule has 1 aromatic heterocycles. The van der Waals surface area contributed by atoms with E-state index in [1.807, 2.05) is 0 Å². The lowest BCUT2D eigenvalue weighted by Gasteiger charge is -2.08. The fourth-order valence-electron chi connectivity index (χ4n) is 1.94. The van der Waals surface area contributed by atoms with Crippen LogP contribution >= 0.6 is 0 Å². The number of carbonyl (C=O) groups excluding carboxylic acids is 1. The van der Waals surface area contributed by atoms with Crippen LogP contribution in [-0.2, 0) is 21.1 Å². The fraction of sp³-hybridized carbons (Fsp3) is 0.286. The first-order chi connectivity index (χ1) is 10.2. The molecule has 8 heteroatoms. The Hall–Kier alpha value is -2.22. The van der Waals surface area contributed by atoms with Crippen LogP contribution < -0.4 is 5.32 Å². The third-order valence-corrected chi connectivity index (χ3v) is 4.27. The van der Waals surface area contributed by atoms with Crippen LogP contribution in [0.25, 0.3) is 0 Å². The van der Waals surface area contributed by atoms with Crippen molar-refractivity contribution < 1.29 is 22.1 Å². The minimum absolute atomic E-state index is 0.0380. The van der Waals surface area contributed by atoms with Crippen LogP contribution in [0.1, 0.15) is 17.0 Å². The van der Waals surface area contributed by atoms with E-state index in [0.717, 1.165) is 24.5 Å². The summed E-state index contributed by atoms with van der Waals surface area (Å²) in [6.45, 7) is 3.37. The Labute approximate surface area is 127 Å². The van der Waals surface area contributed by atoms with Crippen molar-refractivity contribution in [1.82, 2.24) is 5.16 Å². The molecular formula is C14H15FN2O4S. The molecule has 22 heavy (non-hydrogen) atoms. The predicted octanol–water partition coefficient (Wildman–Crippen LogP) is 2.02. The molecule has 0 radical (unpaired) electrons. The Bertz CT molecular complexity index is 808. The SMILES string of the molecule is Cc1noc(C)c1CC(=O)Nc1cc(S(C)(=O)=O)ccc1F. The molecule has 1 heterocycles. The number of hydrogen-bond donors (Lipinski definition) is 1. The Morgan fingerprint density at radius 1 is 1.36 bits per heavy atom. The molecule has 0 atom stereocenters. The summed E-state index contributed by atoms with van der Waals surface area (Å²) >= 11 is 0. The standard InChI is InChI=1S/C14H15FN2O4S/c1-8-11(9(2)21-17-8)7-14(18)16-13-6-10(22(3,19)20)4-5-12(13)15/h4-6H,7H2,1-3H3,(H,16,18). The predicted molar refractivity (Wildman–Crippen MR) is 77.8 cm³/mol. The van der Waals surface area contributed by atoms with Gasteiger partial charge in [-0.05, 0) is 32.0 Å². The van der Waals surface area contributed by atoms with E-state index >= 15 is 0 Å². The van der Waals surface area contributed by atoms with Crippen LogP contribution in [0.4, 0.5) is 10.1 Å². The van der Waals surface area contributed by atoms with E-state index in [-0.39, 0.29) is 17.0 Å². The van der Waals surface area contributed by atoms with Gasteiger partial charge in [-0.25, -0.2) is 12.8 Å². The van der Waals surface area contributed by atoms with Gasteiger partial charge in [0.2, 0.25) is 5.91 Å². The van der Waals surface area contributed by atoms with Gasteiger partial charge in [0.15, 0.2) is 9.84 Å². The van der Waals surface area contributed by atoms with Crippen molar-refractivity contribution >= 4 is 21.4 Å². The number of amides is 1. The second-order valence-corrected chi connectivity index (χ2v) is 6.96. The number of aromatic nitrogens is 1. The molecule has 0 aliphatic rings. The topological polar surface area (TPSA) is 89.3 Å². The number of hydrogen-bond acceptors (Lipinski definition) is 5. The van der Waals surface area contributed by atoms with Gasteiger partial charge in [-0.15, -0.1) is 0 Å². The van der Waals surface area contributed by atoms with Gasteiger partial charge in [0.25, 0.3) is 0 Å². The average molecular weight is 326 g/mol. The summed E-state index contributed by atoms with van der Waals surface area (Å²) < 4.78 is 41.6. The summed E-state index contributed by atoms with van der Waals surface area (Å²) in [5.41, 5.74) is 1.02. The van der Waals surface area contributed by atoms with E-state index in [9.17, 15) is 17.6 Å². The molecule has 0 bridgehead atoms. The first-order valence-electron chi connectivity index (χ1n) is 6.39. The minimum Gasteiger partial charge on any atom is -0.361 e. The molecule has 0 saturated heterocycles. The normalized spacial score (nSPS) is 11.5. The van der Waals surface area contributed by atoms with Crippen LogP contribution in [0.5, 0.6) is 0 Å². The van der Waals surface area contributed by atoms with E-state index in [4.69, 9.17) is 4.52 Å². The van der Waals surface area contributed by atoms with Gasteiger partial charge in [-0.2, -0.15) is 0 Å². The van der Waals surface area contributed by atoms with Gasteiger partial charge in [0.05, 0.1) is 22.7 Å². The van der Waals surface area contributed by atoms with Gasteiger partial charge in [0, 0.05) is 11.8 Å². The highest BCUT2D eigenvalue weighted by Crippen LogP contribution is 2.20. The molecule has 1 amide bonds. The Balaban J connectivity index is 2.22. The van der Waals surface area contributed by atoms with Crippen LogP contribution in [0, 0.1) is 19.7 Å². The Morgan fingerprint density at radius 3 is 2.59 bits per heavy atom. The lowest BCUT2D eigenvalue weighted by molar-refractivity contribution is -0.115. The second kappa shape index (κ2) is 5.88. The van der Waals surface area contributed by atoms with Crippen LogP contribution in [0.2, 0.25) is 0 Å². The molecular weight excluding hydrogens is 311 g/mol. The number of carbonyl (C=O) groups is 1. The van der Waals surface area contributed by atoms with Gasteiger partial charge >= 0.3 is 0 Å². The lowest BCUT2D eigenvalue weighted by atomic mass is 10.1. The molecule has 1 aromatic carbocycles. The summed E-state index contributed by atoms with van der Waals surface area (Å²) in [5.74, 6) is -0.684. The maximum Gasteiger partial charge on any atom is 0.229 e. The number of nitrogens with one attached hydrogen (secondary N) is 1. The zero-order valence-electron chi connectivity index (χ0n) is 12.3. The number of aryl methyl sites for hydroxylation is 2. The van der Waals surface area contributed by atoms with Crippen molar-refractivity contribution in [1.29, 1.82) is 0 Å². The number of anilines is 1. The van der Waals surface area contributed by atoms with Crippen molar-refractivity contribution in [3.63, 3.8) is 0 Å². The molecule has 0 spiro atoms. The molecule has 2 rings (SSSR count). The highest BCUT2D eigenvalue weighted by molar-refractivity contribution is 7.90. The van der Waals surface area contributed by atoms with E-state index in [1.54, 1.807) is 13.8 Å². The first-order valence-corrected chi connectivity index (χ1v) is 8.29. The fourth-order valence-corrected chi connectivity index (χ4v) is 2.59. The number of sulfone groups is 1. The van der Waals surface area contributed by atoms with Gasteiger partial charge in [-0.1, -0.05) is 5.16 Å². The third kappa shape index (κ3) is 3.51. The monoisotopic (exact) mass is 326 g/mol. The van der Waals surface area contributed by atoms with Crippen molar-refractivity contribution in [2.75, 3.05) is 11.6 Å². The molecule has 6 nitrogen and oxygen atoms in total. The van der Waals surface area contributed by atoms with Crippen molar-refractivity contribution in [2.45, 2.75) is 25.2 Å². The summed E-state index contributed by atoms with van der Waals surface area (Å²) in [7, 11) is -3.48. The molecule has 0 saturated carbocycles. The van der Waals surface area contributed by atoms with Crippen LogP contribution in [0.3, 0.4) is 0 Å². The second-order valence-electron chi connectivity index (χ2n) is 4.94. The summed E-state index contributed by atoms with van der Waals surface area (Å²) in [5, 5.41) is 6.10. The van der Waals surface area contributed by atoms with Gasteiger partial charge in [-0.3, -0.25) is 4.79 Å². The molecule has 2 aromatic rings. The highest BCUT2D eigenvalue weighted by atomic mass is 32.2. The third-order valence-electron chi connectivity index (χ3n) is 3.16. The van der Waals surface area contributed by atoms with Crippen LogP contribution in [-0.4, -0.2) is 25.7 Å². The zero-order valence-corrected chi connectivity index (χ0v) is 13.1. The Morgan fingerprint density at radius 2 is 2.05 bits per heavy atom. The Kier molecular flexibility index (Phi) is 4.32. The number of benzene rings is 1. The van der Waals surface area contributed by atoms with Gasteiger partial charge in [0.1, 0.15) is 11.6 Å². The molecule has 118 valence electrons. The summed E-state index contributed by atoms with van der Waals surface area (Å²) in [4.78, 5) is 11.9. The molecule has 0 unspecified atom stereocenters. The molecule has 1 N–H and O–H groups in total. The average Bonchev–Trinajstić information content (AvgIpc) is 2.72. The van der Waals surface area contributed by atoms with Crippen LogP contribution in [0.15, 0.2) is 27.6 Å². The number of rotatable bonds is 4. The maximum atomic E-state index is 13.7. The van der Waals surface area contributed by atoms with Crippen molar-refractivity contribution in [3.05, 3.63) is 41.0 Å². The molecule has 0 aliphatic heterocycles. The van der Waals surface area contributed by atoms with E-state index in [1.165, 1.54) is 0 Å². The lowest BCUT2D eigenvalue weighted by Crippen LogP contribution is -2.16. The van der Waals surface area contributed by atoms with Gasteiger partial charge < -0.3 is 9.84 Å². The smallest absolute Gasteiger partial charge is 0.229 e. The summed E-state index contributed by atoms with van der Waals surface area (Å²) in [6.07, 6.45) is 0.972. The number of halogens is 1. The van der Waals surface area contributed by atoms with E-state index in [2.05, 4.69) is 10.5 Å². The number of nitrogens with zero attached hydrogens (tertiary/aromatic N) is 1. The molecule has 0 aliphatic carbocycles. The van der Waals surface area contributed by atoms with Crippen molar-refractivity contribution in [2.24, 2.45) is 0 Å². The van der Waals surface area contributed by atoms with Crippen molar-refractivity contribution in [3.8, 4) is 0 Å². The minimum atomic E-state index is -3.48. The van der Waals surface area contributed by atoms with E-state index < -0.39 is 21.6 Å². The maximum absolute atomic E-state index is 13.7. The zero-order chi connectivity index (χ0) is 16.5. The quantitative estimate of drug-likeness (QED) is 0.868. The highest BCUT2D eigenvalue weighted by Gasteiger charge is 2.16.